The maximum Gasteiger partial charge on any atom is 0.248 e. The summed E-state index contributed by atoms with van der Waals surface area (Å²) in [6.07, 6.45) is 1.79. The van der Waals surface area contributed by atoms with Gasteiger partial charge in [-0.3, -0.25) is 9.48 Å². The van der Waals surface area contributed by atoms with Gasteiger partial charge in [-0.1, -0.05) is 13.8 Å². The molecule has 1 heterocycles. The highest BCUT2D eigenvalue weighted by atomic mass is 79.9. The number of nitrogens with one attached hydrogen (secondary N) is 1. The highest BCUT2D eigenvalue weighted by Gasteiger charge is 2.19. The Balaban J connectivity index is 2.24. The van der Waals surface area contributed by atoms with Crippen LogP contribution in [0.2, 0.25) is 0 Å². The summed E-state index contributed by atoms with van der Waals surface area (Å²) >= 11 is 3.40. The lowest BCUT2D eigenvalue weighted by Gasteiger charge is -2.17. The summed E-state index contributed by atoms with van der Waals surface area (Å²) in [6, 6.07) is 3.09. The molecule has 0 saturated heterocycles. The van der Waals surface area contributed by atoms with Crippen LogP contribution in [0.5, 0.6) is 5.75 Å². The van der Waals surface area contributed by atoms with Crippen LogP contribution in [-0.4, -0.2) is 20.8 Å². The third-order valence-corrected chi connectivity index (χ3v) is 4.67. The largest absolute Gasteiger partial charge is 0.508 e. The Kier molecular flexibility index (Phi) is 5.14. The highest BCUT2D eigenvalue weighted by Crippen LogP contribution is 2.31. The van der Waals surface area contributed by atoms with Gasteiger partial charge in [0.05, 0.1) is 10.2 Å². The van der Waals surface area contributed by atoms with E-state index in [0.717, 1.165) is 21.3 Å². The molecule has 0 spiro atoms. The molecule has 2 rings (SSSR count). The van der Waals surface area contributed by atoms with Crippen LogP contribution in [-0.2, 0) is 4.79 Å². The number of nitrogens with zero attached hydrogens (tertiary/aromatic N) is 2. The van der Waals surface area contributed by atoms with Crippen molar-refractivity contribution in [2.45, 2.75) is 46.6 Å². The number of rotatable bonds is 4. The quantitative estimate of drug-likeness (QED) is 0.778. The summed E-state index contributed by atoms with van der Waals surface area (Å²) in [7, 11) is 0. The minimum Gasteiger partial charge on any atom is -0.508 e. The summed E-state index contributed by atoms with van der Waals surface area (Å²) in [6.45, 7) is 9.54. The lowest BCUT2D eigenvalue weighted by atomic mass is 9.99. The van der Waals surface area contributed by atoms with Crippen molar-refractivity contribution in [3.8, 4) is 5.75 Å². The summed E-state index contributed by atoms with van der Waals surface area (Å²) in [5, 5.41) is 17.3. The number of benzene rings is 1. The van der Waals surface area contributed by atoms with Crippen LogP contribution in [0.25, 0.3) is 0 Å². The molecule has 124 valence electrons. The van der Waals surface area contributed by atoms with E-state index in [-0.39, 0.29) is 17.6 Å². The zero-order chi connectivity index (χ0) is 17.3. The zero-order valence-electron chi connectivity index (χ0n) is 14.0. The minimum atomic E-state index is -0.435. The van der Waals surface area contributed by atoms with Gasteiger partial charge in [-0.2, -0.15) is 5.10 Å². The van der Waals surface area contributed by atoms with Crippen molar-refractivity contribution >= 4 is 27.5 Å². The van der Waals surface area contributed by atoms with Crippen molar-refractivity contribution in [2.75, 3.05) is 5.32 Å². The van der Waals surface area contributed by atoms with E-state index in [1.165, 1.54) is 0 Å². The van der Waals surface area contributed by atoms with Gasteiger partial charge in [0.1, 0.15) is 11.8 Å². The van der Waals surface area contributed by atoms with Gasteiger partial charge in [-0.25, -0.2) is 0 Å². The van der Waals surface area contributed by atoms with Gasteiger partial charge < -0.3 is 10.4 Å². The first-order chi connectivity index (χ1) is 10.7. The fourth-order valence-electron chi connectivity index (χ4n) is 2.32. The Morgan fingerprint density at radius 3 is 2.48 bits per heavy atom. The molecule has 1 amide bonds. The number of anilines is 1. The molecule has 0 aliphatic carbocycles. The van der Waals surface area contributed by atoms with E-state index < -0.39 is 6.04 Å². The molecule has 23 heavy (non-hydrogen) atoms. The standard InChI is InChI=1S/C17H22BrN3O2/c1-9(2)13-7-15(10(3)6-16(13)22)19-17(23)12(5)21-8-14(18)11(4)20-21/h6-9,12,22H,1-5H3,(H,19,23). The molecule has 0 aliphatic rings. The Bertz CT molecular complexity index is 718. The normalized spacial score (nSPS) is 12.5. The van der Waals surface area contributed by atoms with Crippen molar-refractivity contribution in [3.63, 3.8) is 0 Å². The smallest absolute Gasteiger partial charge is 0.248 e. The average molecular weight is 380 g/mol. The Morgan fingerprint density at radius 2 is 1.96 bits per heavy atom. The first kappa shape index (κ1) is 17.5. The molecule has 1 unspecified atom stereocenters. The zero-order valence-corrected chi connectivity index (χ0v) is 15.6. The first-order valence-electron chi connectivity index (χ1n) is 7.56. The Labute approximate surface area is 144 Å². The SMILES string of the molecule is Cc1cc(O)c(C(C)C)cc1NC(=O)C(C)n1cc(Br)c(C)n1. The van der Waals surface area contributed by atoms with E-state index >= 15 is 0 Å². The van der Waals surface area contributed by atoms with E-state index in [4.69, 9.17) is 0 Å². The lowest BCUT2D eigenvalue weighted by molar-refractivity contribution is -0.119. The number of hydrogen-bond acceptors (Lipinski definition) is 3. The van der Waals surface area contributed by atoms with Crippen LogP contribution in [0.15, 0.2) is 22.8 Å². The molecule has 5 nitrogen and oxygen atoms in total. The van der Waals surface area contributed by atoms with Gasteiger partial charge in [0.25, 0.3) is 0 Å². The number of phenolic OH excluding ortho intramolecular Hbond substituents is 1. The van der Waals surface area contributed by atoms with Crippen LogP contribution in [0.1, 0.15) is 49.6 Å². The van der Waals surface area contributed by atoms with Crippen LogP contribution in [0.4, 0.5) is 5.69 Å². The van der Waals surface area contributed by atoms with E-state index in [1.807, 2.05) is 33.8 Å². The molecule has 1 aromatic carbocycles. The van der Waals surface area contributed by atoms with E-state index in [1.54, 1.807) is 23.9 Å². The number of aromatic nitrogens is 2. The van der Waals surface area contributed by atoms with Crippen LogP contribution in [0, 0.1) is 13.8 Å². The van der Waals surface area contributed by atoms with Gasteiger partial charge in [0, 0.05) is 11.9 Å². The van der Waals surface area contributed by atoms with Crippen LogP contribution < -0.4 is 5.32 Å². The van der Waals surface area contributed by atoms with Gasteiger partial charge in [-0.15, -0.1) is 0 Å². The van der Waals surface area contributed by atoms with Crippen molar-refractivity contribution in [1.29, 1.82) is 0 Å². The Morgan fingerprint density at radius 1 is 1.30 bits per heavy atom. The van der Waals surface area contributed by atoms with Crippen molar-refractivity contribution in [2.24, 2.45) is 0 Å². The fourth-order valence-corrected chi connectivity index (χ4v) is 2.61. The van der Waals surface area contributed by atoms with Crippen LogP contribution in [0.3, 0.4) is 0 Å². The predicted octanol–water partition coefficient (Wildman–Crippen LogP) is 4.29. The maximum absolute atomic E-state index is 12.5. The number of halogens is 1. The summed E-state index contributed by atoms with van der Waals surface area (Å²) in [5.41, 5.74) is 3.19. The molecule has 2 aromatic rings. The molecule has 2 N–H and O–H groups in total. The van der Waals surface area contributed by atoms with Gasteiger partial charge >= 0.3 is 0 Å². The number of carbonyl (C=O) groups excluding carboxylic acids is 1. The number of carbonyl (C=O) groups is 1. The molecule has 0 aliphatic heterocycles. The van der Waals surface area contributed by atoms with Gasteiger partial charge in [0.2, 0.25) is 5.91 Å². The minimum absolute atomic E-state index is 0.150. The topological polar surface area (TPSA) is 67.2 Å². The fraction of sp³-hybridized carbons (Fsp3) is 0.412. The van der Waals surface area contributed by atoms with Crippen molar-refractivity contribution < 1.29 is 9.90 Å². The molecule has 0 bridgehead atoms. The van der Waals surface area contributed by atoms with Gasteiger partial charge in [-0.05, 0) is 65.9 Å². The lowest BCUT2D eigenvalue weighted by Crippen LogP contribution is -2.24. The molecular weight excluding hydrogens is 358 g/mol. The van der Waals surface area contributed by atoms with Crippen molar-refractivity contribution in [1.82, 2.24) is 9.78 Å². The second-order valence-electron chi connectivity index (χ2n) is 6.09. The predicted molar refractivity (Wildman–Crippen MR) is 94.9 cm³/mol. The molecular formula is C17H22BrN3O2. The Hall–Kier alpha value is -1.82. The molecule has 1 atom stereocenters. The molecule has 0 fully saturated rings. The highest BCUT2D eigenvalue weighted by molar-refractivity contribution is 9.10. The van der Waals surface area contributed by atoms with E-state index in [2.05, 4.69) is 26.3 Å². The number of phenols is 1. The van der Waals surface area contributed by atoms with Gasteiger partial charge in [0.15, 0.2) is 0 Å². The molecule has 6 heteroatoms. The second-order valence-corrected chi connectivity index (χ2v) is 6.94. The van der Waals surface area contributed by atoms with Crippen molar-refractivity contribution in [3.05, 3.63) is 39.6 Å². The second kappa shape index (κ2) is 6.74. The third kappa shape index (κ3) is 3.75. The maximum atomic E-state index is 12.5. The number of amides is 1. The molecule has 1 aromatic heterocycles. The average Bonchev–Trinajstić information content (AvgIpc) is 2.80. The van der Waals surface area contributed by atoms with Crippen LogP contribution >= 0.6 is 15.9 Å². The summed E-state index contributed by atoms with van der Waals surface area (Å²) in [5.74, 6) is 0.284. The monoisotopic (exact) mass is 379 g/mol. The summed E-state index contributed by atoms with van der Waals surface area (Å²) < 4.78 is 2.51. The number of aromatic hydroxyl groups is 1. The molecule has 0 radical (unpaired) electrons. The van der Waals surface area contributed by atoms with E-state index in [9.17, 15) is 9.90 Å². The first-order valence-corrected chi connectivity index (χ1v) is 8.35. The number of aryl methyl sites for hydroxylation is 2. The number of hydrogen-bond donors (Lipinski definition) is 2. The molecule has 0 saturated carbocycles. The summed E-state index contributed by atoms with van der Waals surface area (Å²) in [4.78, 5) is 12.5. The van der Waals surface area contributed by atoms with E-state index in [0.29, 0.717) is 5.69 Å². The third-order valence-electron chi connectivity index (χ3n) is 3.89.